The SMILES string of the molecule is COCCOCCCN1CCCC1C#N. The Morgan fingerprint density at radius 2 is 2.27 bits per heavy atom. The molecule has 0 aliphatic carbocycles. The second kappa shape index (κ2) is 7.63. The summed E-state index contributed by atoms with van der Waals surface area (Å²) >= 11 is 0. The molecule has 1 heterocycles. The Morgan fingerprint density at radius 3 is 3.00 bits per heavy atom. The minimum Gasteiger partial charge on any atom is -0.382 e. The molecule has 0 N–H and O–H groups in total. The molecule has 0 amide bonds. The highest BCUT2D eigenvalue weighted by Gasteiger charge is 2.22. The van der Waals surface area contributed by atoms with Crippen LogP contribution in [0.25, 0.3) is 0 Å². The number of hydrogen-bond donors (Lipinski definition) is 0. The fourth-order valence-electron chi connectivity index (χ4n) is 1.85. The first-order valence-corrected chi connectivity index (χ1v) is 5.59. The summed E-state index contributed by atoms with van der Waals surface area (Å²) in [5, 5.41) is 8.87. The molecule has 1 rings (SSSR count). The number of ether oxygens (including phenoxy) is 2. The molecule has 15 heavy (non-hydrogen) atoms. The predicted molar refractivity (Wildman–Crippen MR) is 57.5 cm³/mol. The standard InChI is InChI=1S/C11H20N2O2/c1-14-8-9-15-7-3-6-13-5-2-4-11(13)10-12/h11H,2-9H2,1H3. The van der Waals surface area contributed by atoms with Gasteiger partial charge in [0.15, 0.2) is 0 Å². The summed E-state index contributed by atoms with van der Waals surface area (Å²) in [6.45, 7) is 4.13. The molecule has 0 saturated carbocycles. The highest BCUT2D eigenvalue weighted by Crippen LogP contribution is 2.16. The van der Waals surface area contributed by atoms with E-state index in [1.165, 1.54) is 0 Å². The van der Waals surface area contributed by atoms with Gasteiger partial charge in [0.25, 0.3) is 0 Å². The van der Waals surface area contributed by atoms with E-state index >= 15 is 0 Å². The molecular weight excluding hydrogens is 192 g/mol. The Kier molecular flexibility index (Phi) is 6.33. The second-order valence-electron chi connectivity index (χ2n) is 3.78. The monoisotopic (exact) mass is 212 g/mol. The molecule has 1 aliphatic heterocycles. The highest BCUT2D eigenvalue weighted by molar-refractivity contribution is 4.95. The maximum Gasteiger partial charge on any atom is 0.0978 e. The van der Waals surface area contributed by atoms with E-state index < -0.39 is 0 Å². The van der Waals surface area contributed by atoms with Gasteiger partial charge in [-0.2, -0.15) is 5.26 Å². The van der Waals surface area contributed by atoms with Gasteiger partial charge in [0.05, 0.1) is 25.3 Å². The lowest BCUT2D eigenvalue weighted by molar-refractivity contribution is 0.0654. The minimum atomic E-state index is 0.143. The van der Waals surface area contributed by atoms with Crippen molar-refractivity contribution >= 4 is 0 Å². The Hall–Kier alpha value is -0.630. The molecule has 0 aromatic heterocycles. The van der Waals surface area contributed by atoms with Crippen LogP contribution in [0, 0.1) is 11.3 Å². The van der Waals surface area contributed by atoms with Crippen molar-refractivity contribution in [3.05, 3.63) is 0 Å². The van der Waals surface area contributed by atoms with Crippen molar-refractivity contribution in [1.29, 1.82) is 5.26 Å². The van der Waals surface area contributed by atoms with Gasteiger partial charge in [0.1, 0.15) is 0 Å². The zero-order valence-corrected chi connectivity index (χ0v) is 9.45. The second-order valence-corrected chi connectivity index (χ2v) is 3.78. The van der Waals surface area contributed by atoms with Gasteiger partial charge in [0.2, 0.25) is 0 Å². The smallest absolute Gasteiger partial charge is 0.0978 e. The highest BCUT2D eigenvalue weighted by atomic mass is 16.5. The molecule has 1 fully saturated rings. The third-order valence-electron chi connectivity index (χ3n) is 2.68. The van der Waals surface area contributed by atoms with Gasteiger partial charge in [-0.15, -0.1) is 0 Å². The average molecular weight is 212 g/mol. The summed E-state index contributed by atoms with van der Waals surface area (Å²) < 4.78 is 10.2. The molecule has 1 unspecified atom stereocenters. The molecule has 0 spiro atoms. The lowest BCUT2D eigenvalue weighted by atomic mass is 10.2. The van der Waals surface area contributed by atoms with Crippen molar-refractivity contribution in [3.8, 4) is 6.07 Å². The van der Waals surface area contributed by atoms with Crippen LogP contribution in [-0.2, 0) is 9.47 Å². The molecule has 86 valence electrons. The van der Waals surface area contributed by atoms with Gasteiger partial charge in [-0.25, -0.2) is 0 Å². The summed E-state index contributed by atoms with van der Waals surface area (Å²) in [4.78, 5) is 2.25. The van der Waals surface area contributed by atoms with Crippen LogP contribution in [0.3, 0.4) is 0 Å². The van der Waals surface area contributed by atoms with Crippen LogP contribution in [0.4, 0.5) is 0 Å². The molecule has 0 bridgehead atoms. The number of likely N-dealkylation sites (tertiary alicyclic amines) is 1. The summed E-state index contributed by atoms with van der Waals surface area (Å²) in [6.07, 6.45) is 3.19. The minimum absolute atomic E-state index is 0.143. The number of nitrogens with zero attached hydrogens (tertiary/aromatic N) is 2. The number of rotatable bonds is 7. The largest absolute Gasteiger partial charge is 0.382 e. The summed E-state index contributed by atoms with van der Waals surface area (Å²) in [6, 6.07) is 2.48. The van der Waals surface area contributed by atoms with Crippen molar-refractivity contribution in [1.82, 2.24) is 4.90 Å². The van der Waals surface area contributed by atoms with Gasteiger partial charge >= 0.3 is 0 Å². The topological polar surface area (TPSA) is 45.5 Å². The van der Waals surface area contributed by atoms with Crippen molar-refractivity contribution < 1.29 is 9.47 Å². The Labute approximate surface area is 91.8 Å². The summed E-state index contributed by atoms with van der Waals surface area (Å²) in [5.74, 6) is 0. The molecule has 4 heteroatoms. The third kappa shape index (κ3) is 4.61. The van der Waals surface area contributed by atoms with Crippen molar-refractivity contribution in [2.45, 2.75) is 25.3 Å². The van der Waals surface area contributed by atoms with Crippen LogP contribution in [0.2, 0.25) is 0 Å². The first-order chi connectivity index (χ1) is 7.38. The van der Waals surface area contributed by atoms with Crippen LogP contribution >= 0.6 is 0 Å². The van der Waals surface area contributed by atoms with Gasteiger partial charge in [-0.3, -0.25) is 4.90 Å². The Morgan fingerprint density at radius 1 is 1.40 bits per heavy atom. The van der Waals surface area contributed by atoms with E-state index in [1.54, 1.807) is 7.11 Å². The van der Waals surface area contributed by atoms with Crippen molar-refractivity contribution in [2.24, 2.45) is 0 Å². The van der Waals surface area contributed by atoms with E-state index in [9.17, 15) is 0 Å². The van der Waals surface area contributed by atoms with E-state index in [4.69, 9.17) is 14.7 Å². The van der Waals surface area contributed by atoms with E-state index in [2.05, 4.69) is 11.0 Å². The summed E-state index contributed by atoms with van der Waals surface area (Å²) in [7, 11) is 1.67. The van der Waals surface area contributed by atoms with Gasteiger partial charge in [-0.05, 0) is 25.8 Å². The number of hydrogen-bond acceptors (Lipinski definition) is 4. The van der Waals surface area contributed by atoms with E-state index in [0.717, 1.165) is 39.0 Å². The van der Waals surface area contributed by atoms with Crippen LogP contribution < -0.4 is 0 Å². The quantitative estimate of drug-likeness (QED) is 0.591. The Bertz CT molecular complexity index is 203. The average Bonchev–Trinajstić information content (AvgIpc) is 2.70. The zero-order valence-electron chi connectivity index (χ0n) is 9.45. The normalized spacial score (nSPS) is 21.7. The number of methoxy groups -OCH3 is 1. The molecule has 0 aromatic rings. The van der Waals surface area contributed by atoms with Crippen LogP contribution in [0.15, 0.2) is 0 Å². The zero-order chi connectivity index (χ0) is 10.9. The molecule has 4 nitrogen and oxygen atoms in total. The summed E-state index contributed by atoms with van der Waals surface area (Å²) in [5.41, 5.74) is 0. The van der Waals surface area contributed by atoms with E-state index in [0.29, 0.717) is 13.2 Å². The lowest BCUT2D eigenvalue weighted by Crippen LogP contribution is -2.29. The maximum atomic E-state index is 8.87. The molecule has 1 aliphatic rings. The molecule has 0 aromatic carbocycles. The Balaban J connectivity index is 1.98. The van der Waals surface area contributed by atoms with Crippen LogP contribution in [-0.4, -0.2) is 51.0 Å². The third-order valence-corrected chi connectivity index (χ3v) is 2.68. The van der Waals surface area contributed by atoms with E-state index in [-0.39, 0.29) is 6.04 Å². The lowest BCUT2D eigenvalue weighted by Gasteiger charge is -2.18. The molecule has 0 radical (unpaired) electrons. The number of nitriles is 1. The van der Waals surface area contributed by atoms with Gasteiger partial charge in [-0.1, -0.05) is 0 Å². The fourth-order valence-corrected chi connectivity index (χ4v) is 1.85. The van der Waals surface area contributed by atoms with Gasteiger partial charge < -0.3 is 9.47 Å². The van der Waals surface area contributed by atoms with E-state index in [1.807, 2.05) is 0 Å². The first kappa shape index (κ1) is 12.4. The molecule has 1 atom stereocenters. The maximum absolute atomic E-state index is 8.87. The van der Waals surface area contributed by atoms with Crippen LogP contribution in [0.1, 0.15) is 19.3 Å². The molecule has 1 saturated heterocycles. The van der Waals surface area contributed by atoms with Gasteiger partial charge in [0, 0.05) is 20.3 Å². The van der Waals surface area contributed by atoms with Crippen LogP contribution in [0.5, 0.6) is 0 Å². The van der Waals surface area contributed by atoms with Crippen molar-refractivity contribution in [2.75, 3.05) is 40.0 Å². The first-order valence-electron chi connectivity index (χ1n) is 5.59. The fraction of sp³-hybridized carbons (Fsp3) is 0.909. The predicted octanol–water partition coefficient (Wildman–Crippen LogP) is 1.03. The molecular formula is C11H20N2O2. The van der Waals surface area contributed by atoms with Crippen molar-refractivity contribution in [3.63, 3.8) is 0 Å².